The second kappa shape index (κ2) is 14.1. The average molecular weight is 568 g/mol. The molecule has 3 rings (SSSR count). The van der Waals surface area contributed by atoms with Crippen LogP contribution in [0.5, 0.6) is 0 Å². The number of benzene rings is 3. The average Bonchev–Trinajstić information content (AvgIpc) is 2.97. The van der Waals surface area contributed by atoms with Crippen LogP contribution in [0.15, 0.2) is 83.8 Å². The van der Waals surface area contributed by atoms with Crippen LogP contribution >= 0.6 is 0 Å². The lowest BCUT2D eigenvalue weighted by atomic mass is 10.1. The third-order valence-electron chi connectivity index (χ3n) is 6.90. The Labute approximate surface area is 237 Å². The fraction of sp³-hybridized carbons (Fsp3) is 0.355. The third kappa shape index (κ3) is 7.69. The first-order chi connectivity index (χ1) is 19.1. The Bertz CT molecular complexity index is 1360. The summed E-state index contributed by atoms with van der Waals surface area (Å²) in [7, 11) is -4.12. The van der Waals surface area contributed by atoms with Crippen LogP contribution in [-0.4, -0.2) is 43.8 Å². The van der Waals surface area contributed by atoms with E-state index in [2.05, 4.69) is 5.32 Å². The first-order valence-electron chi connectivity index (χ1n) is 13.6. The number of nitrogens with one attached hydrogen (secondary N) is 1. The van der Waals surface area contributed by atoms with Crippen LogP contribution in [-0.2, 0) is 32.6 Å². The van der Waals surface area contributed by atoms with Gasteiger partial charge in [0.25, 0.3) is 10.0 Å². The molecule has 0 radical (unpaired) electrons. The van der Waals surface area contributed by atoms with Crippen LogP contribution in [0.2, 0.25) is 0 Å². The third-order valence-corrected chi connectivity index (χ3v) is 8.68. The Morgan fingerprint density at radius 1 is 0.850 bits per heavy atom. The van der Waals surface area contributed by atoms with Crippen LogP contribution in [0.1, 0.15) is 51.7 Å². The smallest absolute Gasteiger partial charge is 0.264 e. The maximum absolute atomic E-state index is 14.0. The monoisotopic (exact) mass is 567 g/mol. The van der Waals surface area contributed by atoms with Crippen LogP contribution in [0.25, 0.3) is 0 Å². The Morgan fingerprint density at radius 3 is 2.00 bits per heavy atom. The lowest BCUT2D eigenvalue weighted by molar-refractivity contribution is -0.140. The normalized spacial score (nSPS) is 12.8. The molecule has 3 aromatic carbocycles. The van der Waals surface area contributed by atoms with Gasteiger partial charge in [-0.2, -0.15) is 0 Å². The van der Waals surface area contributed by atoms with Crippen molar-refractivity contribution in [2.24, 2.45) is 0 Å². The van der Waals surface area contributed by atoms with Crippen molar-refractivity contribution in [3.63, 3.8) is 0 Å². The number of carbonyl (C=O) groups is 2. The van der Waals surface area contributed by atoms with Crippen LogP contribution in [0.4, 0.5) is 10.1 Å². The predicted molar refractivity (Wildman–Crippen MR) is 156 cm³/mol. The summed E-state index contributed by atoms with van der Waals surface area (Å²) in [6.45, 7) is 7.12. The molecule has 0 saturated heterocycles. The van der Waals surface area contributed by atoms with E-state index in [9.17, 15) is 22.4 Å². The Hall–Kier alpha value is -3.72. The van der Waals surface area contributed by atoms with E-state index in [0.29, 0.717) is 24.1 Å². The van der Waals surface area contributed by atoms with E-state index < -0.39 is 34.3 Å². The first kappa shape index (κ1) is 30.8. The maximum Gasteiger partial charge on any atom is 0.264 e. The Morgan fingerprint density at radius 2 is 1.45 bits per heavy atom. The molecule has 1 N–H and O–H groups in total. The van der Waals surface area contributed by atoms with Crippen molar-refractivity contribution in [3.05, 3.63) is 95.8 Å². The highest BCUT2D eigenvalue weighted by Crippen LogP contribution is 2.25. The Balaban J connectivity index is 2.04. The summed E-state index contributed by atoms with van der Waals surface area (Å²) in [6.07, 6.45) is 1.80. The summed E-state index contributed by atoms with van der Waals surface area (Å²) >= 11 is 0. The van der Waals surface area contributed by atoms with Gasteiger partial charge in [0, 0.05) is 12.6 Å². The predicted octanol–water partition coefficient (Wildman–Crippen LogP) is 5.31. The molecule has 214 valence electrons. The molecule has 0 unspecified atom stereocenters. The molecule has 0 aliphatic carbocycles. The molecule has 3 aromatic rings. The molecule has 0 aliphatic heterocycles. The first-order valence-corrected chi connectivity index (χ1v) is 15.1. The van der Waals surface area contributed by atoms with Gasteiger partial charge in [-0.15, -0.1) is 0 Å². The van der Waals surface area contributed by atoms with Crippen molar-refractivity contribution < 1.29 is 22.4 Å². The van der Waals surface area contributed by atoms with E-state index in [1.165, 1.54) is 29.2 Å². The van der Waals surface area contributed by atoms with Gasteiger partial charge in [0.2, 0.25) is 11.8 Å². The minimum Gasteiger partial charge on any atom is -0.352 e. The van der Waals surface area contributed by atoms with Crippen molar-refractivity contribution in [1.29, 1.82) is 0 Å². The molecule has 0 fully saturated rings. The zero-order valence-corrected chi connectivity index (χ0v) is 24.3. The van der Waals surface area contributed by atoms with Gasteiger partial charge in [-0.25, -0.2) is 12.8 Å². The van der Waals surface area contributed by atoms with Gasteiger partial charge in [0.15, 0.2) is 0 Å². The molecule has 0 heterocycles. The summed E-state index contributed by atoms with van der Waals surface area (Å²) in [6, 6.07) is 19.7. The van der Waals surface area contributed by atoms with Crippen LogP contribution in [0, 0.1) is 5.82 Å². The molecule has 0 saturated carbocycles. The van der Waals surface area contributed by atoms with Gasteiger partial charge in [-0.05, 0) is 73.7 Å². The standard InChI is InChI=1S/C31H38FN3O4S/c1-5-23(4)33-31(37)29(7-3)34(21-25-13-17-26(32)18-14-25)30(36)22-35(27-19-15-24(6-2)16-20-27)40(38,39)28-11-9-8-10-12-28/h8-20,23,29H,5-7,21-22H2,1-4H3,(H,33,37)/t23-,29+/m0/s1. The molecule has 0 aliphatic rings. The van der Waals surface area contributed by atoms with Gasteiger partial charge >= 0.3 is 0 Å². The van der Waals surface area contributed by atoms with Crippen molar-refractivity contribution in [1.82, 2.24) is 10.2 Å². The van der Waals surface area contributed by atoms with Crippen molar-refractivity contribution in [2.45, 2.75) is 70.5 Å². The van der Waals surface area contributed by atoms with Gasteiger partial charge in [-0.1, -0.05) is 63.2 Å². The molecular formula is C31H38FN3O4S. The number of hydrogen-bond donors (Lipinski definition) is 1. The van der Waals surface area contributed by atoms with Gasteiger partial charge in [-0.3, -0.25) is 13.9 Å². The number of amides is 2. The summed E-state index contributed by atoms with van der Waals surface area (Å²) in [5.74, 6) is -1.29. The van der Waals surface area contributed by atoms with Gasteiger partial charge < -0.3 is 10.2 Å². The van der Waals surface area contributed by atoms with E-state index in [1.807, 2.05) is 32.9 Å². The SMILES string of the molecule is CCc1ccc(N(CC(=O)N(Cc2ccc(F)cc2)[C@H](CC)C(=O)N[C@@H](C)CC)S(=O)(=O)c2ccccc2)cc1. The van der Waals surface area contributed by atoms with E-state index in [4.69, 9.17) is 0 Å². The molecular weight excluding hydrogens is 529 g/mol. The van der Waals surface area contributed by atoms with Crippen LogP contribution < -0.4 is 9.62 Å². The fourth-order valence-corrected chi connectivity index (χ4v) is 5.73. The number of nitrogens with zero attached hydrogens (tertiary/aromatic N) is 2. The second-order valence-corrected chi connectivity index (χ2v) is 11.6. The second-order valence-electron chi connectivity index (χ2n) is 9.73. The molecule has 40 heavy (non-hydrogen) atoms. The van der Waals surface area contributed by atoms with Gasteiger partial charge in [0.05, 0.1) is 10.6 Å². The van der Waals surface area contributed by atoms with Gasteiger partial charge in [0.1, 0.15) is 18.4 Å². The minimum atomic E-state index is -4.12. The number of anilines is 1. The molecule has 2 amide bonds. The van der Waals surface area contributed by atoms with Crippen molar-refractivity contribution >= 4 is 27.5 Å². The molecule has 0 spiro atoms. The maximum atomic E-state index is 14.0. The minimum absolute atomic E-state index is 0.0134. The number of aryl methyl sites for hydroxylation is 1. The molecule has 9 heteroatoms. The molecule has 2 atom stereocenters. The summed E-state index contributed by atoms with van der Waals surface area (Å²) in [4.78, 5) is 28.7. The van der Waals surface area contributed by atoms with E-state index in [1.54, 1.807) is 49.4 Å². The largest absolute Gasteiger partial charge is 0.352 e. The fourth-order valence-electron chi connectivity index (χ4n) is 4.29. The number of halogens is 1. The van der Waals surface area contributed by atoms with Crippen LogP contribution in [0.3, 0.4) is 0 Å². The van der Waals surface area contributed by atoms with E-state index in [0.717, 1.165) is 16.3 Å². The lowest BCUT2D eigenvalue weighted by Crippen LogP contribution is -2.53. The topological polar surface area (TPSA) is 86.8 Å². The Kier molecular flexibility index (Phi) is 10.8. The number of hydrogen-bond acceptors (Lipinski definition) is 4. The quantitative estimate of drug-likeness (QED) is 0.304. The molecule has 0 aromatic heterocycles. The highest BCUT2D eigenvalue weighted by molar-refractivity contribution is 7.92. The zero-order valence-electron chi connectivity index (χ0n) is 23.5. The summed E-state index contributed by atoms with van der Waals surface area (Å²) < 4.78 is 42.4. The van der Waals surface area contributed by atoms with Crippen molar-refractivity contribution in [2.75, 3.05) is 10.8 Å². The molecule has 7 nitrogen and oxygen atoms in total. The lowest BCUT2D eigenvalue weighted by Gasteiger charge is -2.33. The number of rotatable bonds is 13. The highest BCUT2D eigenvalue weighted by atomic mass is 32.2. The van der Waals surface area contributed by atoms with E-state index in [-0.39, 0.29) is 23.4 Å². The highest BCUT2D eigenvalue weighted by Gasteiger charge is 2.34. The molecule has 0 bridgehead atoms. The number of carbonyl (C=O) groups excluding carboxylic acids is 2. The number of sulfonamides is 1. The summed E-state index contributed by atoms with van der Waals surface area (Å²) in [5, 5.41) is 2.94. The zero-order chi connectivity index (χ0) is 29.3. The van der Waals surface area contributed by atoms with E-state index >= 15 is 0 Å². The van der Waals surface area contributed by atoms with Crippen molar-refractivity contribution in [3.8, 4) is 0 Å². The summed E-state index contributed by atoms with van der Waals surface area (Å²) in [5.41, 5.74) is 1.99.